The summed E-state index contributed by atoms with van der Waals surface area (Å²) in [4.78, 5) is 15.5. The number of carbonyl (C=O) groups excluding carboxylic acids is 1. The van der Waals surface area contributed by atoms with Gasteiger partial charge in [-0.05, 0) is 101 Å². The molecule has 0 saturated carbocycles. The van der Waals surface area contributed by atoms with Crippen LogP contribution in [0.25, 0.3) is 11.1 Å². The summed E-state index contributed by atoms with van der Waals surface area (Å²) in [7, 11) is 1.70. The van der Waals surface area contributed by atoms with Gasteiger partial charge in [0.1, 0.15) is 0 Å². The third-order valence-electron chi connectivity index (χ3n) is 6.44. The quantitative estimate of drug-likeness (QED) is 0.130. The normalized spacial score (nSPS) is 14.4. The second-order valence-electron chi connectivity index (χ2n) is 9.20. The summed E-state index contributed by atoms with van der Waals surface area (Å²) < 4.78 is 17.9. The molecular weight excluding hydrogens is 600 g/mol. The van der Waals surface area contributed by atoms with Crippen molar-refractivity contribution in [3.63, 3.8) is 0 Å². The molecule has 0 fully saturated rings. The predicted octanol–water partition coefficient (Wildman–Crippen LogP) is 6.45. The zero-order chi connectivity index (χ0) is 26.4. The lowest BCUT2D eigenvalue weighted by molar-refractivity contribution is 0.102. The van der Waals surface area contributed by atoms with Gasteiger partial charge in [-0.15, -0.1) is 0 Å². The van der Waals surface area contributed by atoms with Gasteiger partial charge in [0.05, 0.1) is 0 Å². The molecule has 0 aliphatic carbocycles. The van der Waals surface area contributed by atoms with Gasteiger partial charge in [0.25, 0.3) is 5.91 Å². The first-order chi connectivity index (χ1) is 17.8. The number of alkyl halides is 2. The maximum absolute atomic E-state index is 14.3. The van der Waals surface area contributed by atoms with Crippen molar-refractivity contribution in [3.05, 3.63) is 89.0 Å². The first-order valence-corrected chi connectivity index (χ1v) is 13.8. The molecule has 37 heavy (non-hydrogen) atoms. The van der Waals surface area contributed by atoms with Crippen LogP contribution in [0.1, 0.15) is 40.4 Å². The van der Waals surface area contributed by atoms with E-state index in [4.69, 9.17) is 17.0 Å². The van der Waals surface area contributed by atoms with Gasteiger partial charge in [0.15, 0.2) is 8.79 Å². The second-order valence-corrected chi connectivity index (χ2v) is 11.6. The Morgan fingerprint density at radius 3 is 2.62 bits per heavy atom. The van der Waals surface area contributed by atoms with E-state index in [1.807, 2.05) is 42.5 Å². The molecule has 0 bridgehead atoms. The zero-order valence-electron chi connectivity index (χ0n) is 21.0. The minimum Gasteiger partial charge on any atom is -0.385 e. The van der Waals surface area contributed by atoms with Crippen molar-refractivity contribution in [1.82, 2.24) is 10.2 Å². The highest BCUT2D eigenvalue weighted by Crippen LogP contribution is 2.34. The monoisotopic (exact) mass is 631 g/mol. The summed E-state index contributed by atoms with van der Waals surface area (Å²) >= 11 is 7.34. The molecule has 0 radical (unpaired) electrons. The highest BCUT2D eigenvalue weighted by atomic mass is 127. The van der Waals surface area contributed by atoms with E-state index in [1.54, 1.807) is 41.8 Å². The third kappa shape index (κ3) is 7.06. The Balaban J connectivity index is 1.44. The standard InChI is InChI=1S/C29H31FIN3O2S/c1-29(30,31)23-11-8-20(9-12-23)25-6-3-4-7-26(25)27(35)33-24-13-10-22-19-34(16-14-21(22)18-24)28(37)32-15-5-17-36-2/h3-4,6-13,18H,5,14-17,19H2,1-2H3,(H,32,37)(H,33,35). The van der Waals surface area contributed by atoms with Crippen LogP contribution in [0.5, 0.6) is 0 Å². The van der Waals surface area contributed by atoms with Crippen molar-refractivity contribution in [1.29, 1.82) is 0 Å². The van der Waals surface area contributed by atoms with Gasteiger partial charge in [-0.25, -0.2) is 4.39 Å². The SMILES string of the molecule is COCCCNC(=S)N1CCc2cc(NC(=O)c3ccccc3-c3ccc(C(C)(F)I)cc3)ccc2C1. The van der Waals surface area contributed by atoms with Crippen LogP contribution in [0, 0.1) is 0 Å². The van der Waals surface area contributed by atoms with Crippen LogP contribution in [0.4, 0.5) is 10.1 Å². The van der Waals surface area contributed by atoms with Crippen LogP contribution < -0.4 is 10.6 Å². The molecule has 0 saturated heterocycles. The van der Waals surface area contributed by atoms with E-state index >= 15 is 0 Å². The van der Waals surface area contributed by atoms with Crippen molar-refractivity contribution in [2.24, 2.45) is 0 Å². The summed E-state index contributed by atoms with van der Waals surface area (Å²) in [5, 5.41) is 7.13. The average molecular weight is 632 g/mol. The number of amides is 1. The second kappa shape index (κ2) is 12.3. The van der Waals surface area contributed by atoms with Crippen molar-refractivity contribution >= 4 is 51.5 Å². The number of carbonyl (C=O) groups is 1. The topological polar surface area (TPSA) is 53.6 Å². The van der Waals surface area contributed by atoms with Crippen molar-refractivity contribution < 1.29 is 13.9 Å². The predicted molar refractivity (Wildman–Crippen MR) is 160 cm³/mol. The van der Waals surface area contributed by atoms with Crippen LogP contribution in [-0.2, 0) is 21.4 Å². The third-order valence-corrected chi connectivity index (χ3v) is 7.46. The first kappa shape index (κ1) is 27.5. The number of rotatable bonds is 8. The lowest BCUT2D eigenvalue weighted by Gasteiger charge is -2.31. The van der Waals surface area contributed by atoms with Crippen molar-refractivity contribution in [2.75, 3.05) is 32.1 Å². The molecule has 1 atom stereocenters. The maximum atomic E-state index is 14.3. The Bertz CT molecular complexity index is 1260. The van der Waals surface area contributed by atoms with Crippen LogP contribution in [-0.4, -0.2) is 42.7 Å². The minimum absolute atomic E-state index is 0.178. The maximum Gasteiger partial charge on any atom is 0.256 e. The van der Waals surface area contributed by atoms with E-state index < -0.39 is 3.68 Å². The molecular formula is C29H31FIN3O2S. The van der Waals surface area contributed by atoms with Crippen LogP contribution in [0.2, 0.25) is 0 Å². The Labute approximate surface area is 236 Å². The molecule has 1 amide bonds. The Morgan fingerprint density at radius 2 is 1.89 bits per heavy atom. The number of thiocarbonyl (C=S) groups is 1. The lowest BCUT2D eigenvalue weighted by atomic mass is 9.97. The minimum atomic E-state index is -1.44. The van der Waals surface area contributed by atoms with Gasteiger partial charge in [-0.3, -0.25) is 4.79 Å². The molecule has 194 valence electrons. The lowest BCUT2D eigenvalue weighted by Crippen LogP contribution is -2.43. The summed E-state index contributed by atoms with van der Waals surface area (Å²) in [5.74, 6) is -0.178. The van der Waals surface area contributed by atoms with Crippen LogP contribution >= 0.6 is 34.8 Å². The van der Waals surface area contributed by atoms with Gasteiger partial charge in [-0.1, -0.05) is 48.5 Å². The molecule has 0 aromatic heterocycles. The molecule has 3 aromatic carbocycles. The first-order valence-electron chi connectivity index (χ1n) is 12.3. The fourth-order valence-electron chi connectivity index (χ4n) is 4.40. The van der Waals surface area contributed by atoms with E-state index in [-0.39, 0.29) is 5.91 Å². The smallest absolute Gasteiger partial charge is 0.256 e. The number of hydrogen-bond donors (Lipinski definition) is 2. The Morgan fingerprint density at radius 1 is 1.14 bits per heavy atom. The van der Waals surface area contributed by atoms with Gasteiger partial charge in [-0.2, -0.15) is 0 Å². The number of anilines is 1. The number of fused-ring (bicyclic) bond motifs is 1. The summed E-state index contributed by atoms with van der Waals surface area (Å²) in [6, 6.07) is 20.8. The average Bonchev–Trinajstić information content (AvgIpc) is 2.90. The summed E-state index contributed by atoms with van der Waals surface area (Å²) in [5.41, 5.74) is 6.03. The Kier molecular flexibility index (Phi) is 9.15. The molecule has 5 nitrogen and oxygen atoms in total. The highest BCUT2D eigenvalue weighted by molar-refractivity contribution is 14.1. The van der Waals surface area contributed by atoms with Crippen LogP contribution in [0.3, 0.4) is 0 Å². The summed E-state index contributed by atoms with van der Waals surface area (Å²) in [6.45, 7) is 4.60. The van der Waals surface area contributed by atoms with E-state index in [2.05, 4.69) is 27.7 Å². The molecule has 1 heterocycles. The largest absolute Gasteiger partial charge is 0.385 e. The number of nitrogens with zero attached hydrogens (tertiary/aromatic N) is 1. The van der Waals surface area contributed by atoms with E-state index in [1.165, 1.54) is 18.1 Å². The number of ether oxygens (including phenoxy) is 1. The Hall–Kier alpha value is -2.56. The van der Waals surface area contributed by atoms with Crippen molar-refractivity contribution in [3.8, 4) is 11.1 Å². The van der Waals surface area contributed by atoms with E-state index in [0.29, 0.717) is 17.7 Å². The van der Waals surface area contributed by atoms with Crippen LogP contribution in [0.15, 0.2) is 66.7 Å². The van der Waals surface area contributed by atoms with Gasteiger partial charge >= 0.3 is 0 Å². The highest BCUT2D eigenvalue weighted by Gasteiger charge is 2.22. The van der Waals surface area contributed by atoms with Crippen molar-refractivity contribution in [2.45, 2.75) is 30.0 Å². The van der Waals surface area contributed by atoms with Gasteiger partial charge < -0.3 is 20.3 Å². The van der Waals surface area contributed by atoms with E-state index in [0.717, 1.165) is 54.4 Å². The molecule has 3 aromatic rings. The number of benzene rings is 3. The molecule has 0 spiro atoms. The molecule has 1 unspecified atom stereocenters. The number of methoxy groups -OCH3 is 1. The molecule has 1 aliphatic heterocycles. The zero-order valence-corrected chi connectivity index (χ0v) is 24.0. The molecule has 1 aliphatic rings. The molecule has 2 N–H and O–H groups in total. The fourth-order valence-corrected chi connectivity index (χ4v) is 5.02. The number of hydrogen-bond acceptors (Lipinski definition) is 3. The molecule has 4 rings (SSSR count). The summed E-state index contributed by atoms with van der Waals surface area (Å²) in [6.07, 6.45) is 1.76. The fraction of sp³-hybridized carbons (Fsp3) is 0.310. The number of nitrogens with one attached hydrogen (secondary N) is 2. The van der Waals surface area contributed by atoms with E-state index in [9.17, 15) is 9.18 Å². The van der Waals surface area contributed by atoms with Gasteiger partial charge in [0, 0.05) is 44.6 Å². The molecule has 8 heteroatoms. The van der Waals surface area contributed by atoms with Gasteiger partial charge in [0.2, 0.25) is 0 Å². The number of halogens is 2.